The summed E-state index contributed by atoms with van der Waals surface area (Å²) in [6.45, 7) is 7.78. The molecule has 0 aromatic heterocycles. The Balaban J connectivity index is 4.39. The van der Waals surface area contributed by atoms with Crippen LogP contribution in [-0.2, 0) is 9.53 Å². The van der Waals surface area contributed by atoms with E-state index >= 15 is 0 Å². The summed E-state index contributed by atoms with van der Waals surface area (Å²) in [4.78, 5) is 11.3. The Kier molecular flexibility index (Phi) is 4.53. The summed E-state index contributed by atoms with van der Waals surface area (Å²) in [6.07, 6.45) is 1.84. The SMILES string of the molecule is CCOC(=O)C(C)(C)/C=C(\C)Br. The highest BCUT2D eigenvalue weighted by Gasteiger charge is 2.26. The maximum Gasteiger partial charge on any atom is 0.315 e. The molecule has 0 aromatic rings. The minimum absolute atomic E-state index is 0.191. The van der Waals surface area contributed by atoms with Gasteiger partial charge in [-0.3, -0.25) is 4.79 Å². The van der Waals surface area contributed by atoms with Gasteiger partial charge in [0.2, 0.25) is 0 Å². The van der Waals surface area contributed by atoms with Crippen LogP contribution in [0.25, 0.3) is 0 Å². The highest BCUT2D eigenvalue weighted by Crippen LogP contribution is 2.23. The van der Waals surface area contributed by atoms with Crippen molar-refractivity contribution in [1.82, 2.24) is 0 Å². The predicted octanol–water partition coefficient (Wildman–Crippen LogP) is 2.87. The van der Waals surface area contributed by atoms with Gasteiger partial charge in [-0.25, -0.2) is 0 Å². The number of esters is 1. The molecule has 0 amide bonds. The van der Waals surface area contributed by atoms with Crippen LogP contribution in [0.3, 0.4) is 0 Å². The predicted molar refractivity (Wildman–Crippen MR) is 53.1 cm³/mol. The standard InChI is InChI=1S/C9H15BrO2/c1-5-12-8(11)9(3,4)6-7(2)10/h6H,5H2,1-4H3/b7-6+. The fraction of sp³-hybridized carbons (Fsp3) is 0.667. The Morgan fingerprint density at radius 2 is 2.08 bits per heavy atom. The first kappa shape index (κ1) is 11.7. The van der Waals surface area contributed by atoms with Crippen LogP contribution in [0.5, 0.6) is 0 Å². The summed E-state index contributed by atoms with van der Waals surface area (Å²) in [6, 6.07) is 0. The highest BCUT2D eigenvalue weighted by molar-refractivity contribution is 9.11. The molecule has 0 aliphatic rings. The monoisotopic (exact) mass is 234 g/mol. The number of carbonyl (C=O) groups is 1. The van der Waals surface area contributed by atoms with Crippen molar-refractivity contribution in [3.63, 3.8) is 0 Å². The van der Waals surface area contributed by atoms with E-state index in [9.17, 15) is 4.79 Å². The van der Waals surface area contributed by atoms with E-state index in [0.717, 1.165) is 4.48 Å². The maximum absolute atomic E-state index is 11.3. The molecule has 0 radical (unpaired) electrons. The number of hydrogen-bond acceptors (Lipinski definition) is 2. The zero-order valence-corrected chi connectivity index (χ0v) is 9.56. The lowest BCUT2D eigenvalue weighted by Crippen LogP contribution is -2.24. The van der Waals surface area contributed by atoms with Gasteiger partial charge < -0.3 is 4.74 Å². The second kappa shape index (κ2) is 4.65. The summed E-state index contributed by atoms with van der Waals surface area (Å²) in [5.74, 6) is -0.191. The Morgan fingerprint density at radius 1 is 1.58 bits per heavy atom. The van der Waals surface area contributed by atoms with Crippen molar-refractivity contribution in [2.75, 3.05) is 6.61 Å². The van der Waals surface area contributed by atoms with Gasteiger partial charge in [0, 0.05) is 0 Å². The van der Waals surface area contributed by atoms with Gasteiger partial charge in [0.1, 0.15) is 0 Å². The van der Waals surface area contributed by atoms with Crippen molar-refractivity contribution in [3.8, 4) is 0 Å². The number of ether oxygens (including phenoxy) is 1. The van der Waals surface area contributed by atoms with Crippen molar-refractivity contribution in [1.29, 1.82) is 0 Å². The van der Waals surface area contributed by atoms with Crippen LogP contribution >= 0.6 is 15.9 Å². The molecule has 0 spiro atoms. The lowest BCUT2D eigenvalue weighted by molar-refractivity contribution is -0.150. The summed E-state index contributed by atoms with van der Waals surface area (Å²) in [5.41, 5.74) is -0.538. The van der Waals surface area contributed by atoms with Crippen molar-refractivity contribution in [2.45, 2.75) is 27.7 Å². The normalized spacial score (nSPS) is 12.9. The molecule has 0 heterocycles. The molecule has 0 aliphatic carbocycles. The molecular formula is C9H15BrO2. The van der Waals surface area contributed by atoms with Gasteiger partial charge in [-0.15, -0.1) is 0 Å². The van der Waals surface area contributed by atoms with Crippen LogP contribution in [0, 0.1) is 5.41 Å². The van der Waals surface area contributed by atoms with Gasteiger partial charge in [-0.1, -0.05) is 22.0 Å². The van der Waals surface area contributed by atoms with E-state index in [4.69, 9.17) is 4.74 Å². The molecular weight excluding hydrogens is 220 g/mol. The molecule has 70 valence electrons. The van der Waals surface area contributed by atoms with Gasteiger partial charge in [-0.2, -0.15) is 0 Å². The van der Waals surface area contributed by atoms with Crippen molar-refractivity contribution < 1.29 is 9.53 Å². The lowest BCUT2D eigenvalue weighted by Gasteiger charge is -2.17. The number of carbonyl (C=O) groups excluding carboxylic acids is 1. The molecule has 3 heteroatoms. The van der Waals surface area contributed by atoms with Gasteiger partial charge in [0.05, 0.1) is 12.0 Å². The second-order valence-corrected chi connectivity index (χ2v) is 4.42. The molecule has 0 unspecified atom stereocenters. The molecule has 0 saturated heterocycles. The van der Waals surface area contributed by atoms with Gasteiger partial charge in [0.25, 0.3) is 0 Å². The minimum Gasteiger partial charge on any atom is -0.465 e. The van der Waals surface area contributed by atoms with Crippen molar-refractivity contribution in [3.05, 3.63) is 10.6 Å². The third kappa shape index (κ3) is 3.90. The molecule has 0 atom stereocenters. The van der Waals surface area contributed by atoms with Crippen LogP contribution in [0.1, 0.15) is 27.7 Å². The summed E-state index contributed by atoms with van der Waals surface area (Å²) >= 11 is 3.28. The van der Waals surface area contributed by atoms with Crippen molar-refractivity contribution >= 4 is 21.9 Å². The Morgan fingerprint density at radius 3 is 2.42 bits per heavy atom. The van der Waals surface area contributed by atoms with E-state index in [1.807, 2.05) is 26.8 Å². The third-order valence-electron chi connectivity index (χ3n) is 1.36. The molecule has 0 N–H and O–H groups in total. The van der Waals surface area contributed by atoms with Crippen LogP contribution in [0.4, 0.5) is 0 Å². The second-order valence-electron chi connectivity index (χ2n) is 3.17. The first-order valence-corrected chi connectivity index (χ1v) is 4.71. The maximum atomic E-state index is 11.3. The quantitative estimate of drug-likeness (QED) is 0.703. The van der Waals surface area contributed by atoms with Gasteiger partial charge in [0.15, 0.2) is 0 Å². The first-order chi connectivity index (χ1) is 5.40. The van der Waals surface area contributed by atoms with Gasteiger partial charge >= 0.3 is 5.97 Å². The van der Waals surface area contributed by atoms with Crippen molar-refractivity contribution in [2.24, 2.45) is 5.41 Å². The lowest BCUT2D eigenvalue weighted by atomic mass is 9.93. The van der Waals surface area contributed by atoms with E-state index < -0.39 is 5.41 Å². The first-order valence-electron chi connectivity index (χ1n) is 3.92. The van der Waals surface area contributed by atoms with Crippen LogP contribution in [0.15, 0.2) is 10.6 Å². The van der Waals surface area contributed by atoms with E-state index in [2.05, 4.69) is 15.9 Å². The Labute approximate surface area is 82.1 Å². The largest absolute Gasteiger partial charge is 0.465 e. The summed E-state index contributed by atoms with van der Waals surface area (Å²) in [5, 5.41) is 0. The average molecular weight is 235 g/mol. The van der Waals surface area contributed by atoms with E-state index in [1.54, 1.807) is 6.92 Å². The number of allylic oxidation sites excluding steroid dienone is 1. The molecule has 12 heavy (non-hydrogen) atoms. The zero-order chi connectivity index (χ0) is 9.78. The topological polar surface area (TPSA) is 26.3 Å². The Hall–Kier alpha value is -0.310. The average Bonchev–Trinajstić information content (AvgIpc) is 1.85. The van der Waals surface area contributed by atoms with E-state index in [-0.39, 0.29) is 5.97 Å². The number of rotatable bonds is 3. The summed E-state index contributed by atoms with van der Waals surface area (Å²) in [7, 11) is 0. The summed E-state index contributed by atoms with van der Waals surface area (Å²) < 4.78 is 5.85. The van der Waals surface area contributed by atoms with Gasteiger partial charge in [-0.05, 0) is 32.2 Å². The molecule has 2 nitrogen and oxygen atoms in total. The number of halogens is 1. The van der Waals surface area contributed by atoms with Crippen LogP contribution in [0.2, 0.25) is 0 Å². The van der Waals surface area contributed by atoms with Crippen LogP contribution < -0.4 is 0 Å². The third-order valence-corrected chi connectivity index (χ3v) is 1.59. The molecule has 0 fully saturated rings. The zero-order valence-electron chi connectivity index (χ0n) is 7.98. The number of hydrogen-bond donors (Lipinski definition) is 0. The molecule has 0 saturated carbocycles. The molecule has 0 bridgehead atoms. The molecule has 0 aliphatic heterocycles. The minimum atomic E-state index is -0.538. The fourth-order valence-electron chi connectivity index (χ4n) is 0.873. The highest BCUT2D eigenvalue weighted by atomic mass is 79.9. The Bertz CT molecular complexity index is 191. The van der Waals surface area contributed by atoms with E-state index in [0.29, 0.717) is 6.61 Å². The molecule has 0 rings (SSSR count). The fourth-order valence-corrected chi connectivity index (χ4v) is 1.45. The van der Waals surface area contributed by atoms with E-state index in [1.165, 1.54) is 0 Å². The van der Waals surface area contributed by atoms with Crippen LogP contribution in [-0.4, -0.2) is 12.6 Å². The molecule has 0 aromatic carbocycles. The smallest absolute Gasteiger partial charge is 0.315 e.